The van der Waals surface area contributed by atoms with Crippen LogP contribution in [0.25, 0.3) is 0 Å². The number of anilines is 1. The van der Waals surface area contributed by atoms with Crippen LogP contribution in [-0.2, 0) is 13.1 Å². The molecule has 2 aromatic rings. The molecule has 7 nitrogen and oxygen atoms in total. The van der Waals surface area contributed by atoms with E-state index in [-0.39, 0.29) is 29.7 Å². The molecule has 1 saturated heterocycles. The van der Waals surface area contributed by atoms with Gasteiger partial charge in [-0.3, -0.25) is 0 Å². The van der Waals surface area contributed by atoms with Crippen LogP contribution in [0.2, 0.25) is 0 Å². The fraction of sp³-hybridized carbons (Fsp3) is 0.478. The Balaban J connectivity index is 0.00000385. The van der Waals surface area contributed by atoms with Gasteiger partial charge in [-0.1, -0.05) is 12.1 Å². The Labute approximate surface area is 211 Å². The van der Waals surface area contributed by atoms with Crippen LogP contribution < -0.4 is 15.0 Å². The highest BCUT2D eigenvalue weighted by Gasteiger charge is 2.15. The van der Waals surface area contributed by atoms with Crippen LogP contribution in [0.3, 0.4) is 0 Å². The van der Waals surface area contributed by atoms with E-state index in [9.17, 15) is 8.78 Å². The minimum absolute atomic E-state index is 0. The number of hydrogen-bond acceptors (Lipinski definition) is 5. The molecule has 0 radical (unpaired) electrons. The Hall–Kier alpha value is -2.21. The van der Waals surface area contributed by atoms with Crippen molar-refractivity contribution in [2.45, 2.75) is 26.6 Å². The SMILES string of the molecule is CCNC(=NCc1ccnc(N2CCN(C)CC2)c1)N(C)Cc1ccc(OC(F)F)cc1.I. The summed E-state index contributed by atoms with van der Waals surface area (Å²) in [6.07, 6.45) is 1.85. The molecule has 0 amide bonds. The lowest BCUT2D eigenvalue weighted by molar-refractivity contribution is -0.0498. The van der Waals surface area contributed by atoms with Crippen LogP contribution in [0, 0.1) is 0 Å². The molecular formula is C23H33F2IN6O. The monoisotopic (exact) mass is 574 g/mol. The molecule has 1 aliphatic heterocycles. The second-order valence-corrected chi connectivity index (χ2v) is 7.86. The Morgan fingerprint density at radius 2 is 1.85 bits per heavy atom. The predicted molar refractivity (Wildman–Crippen MR) is 139 cm³/mol. The van der Waals surface area contributed by atoms with Crippen molar-refractivity contribution >= 4 is 35.8 Å². The summed E-state index contributed by atoms with van der Waals surface area (Å²) in [7, 11) is 4.09. The van der Waals surface area contributed by atoms with Gasteiger partial charge < -0.3 is 24.8 Å². The van der Waals surface area contributed by atoms with Crippen LogP contribution in [0.1, 0.15) is 18.1 Å². The summed E-state index contributed by atoms with van der Waals surface area (Å²) in [5.74, 6) is 1.93. The molecule has 182 valence electrons. The lowest BCUT2D eigenvalue weighted by Crippen LogP contribution is -2.44. The lowest BCUT2D eigenvalue weighted by Gasteiger charge is -2.33. The quantitative estimate of drug-likeness (QED) is 0.295. The summed E-state index contributed by atoms with van der Waals surface area (Å²) in [5, 5.41) is 3.31. The van der Waals surface area contributed by atoms with Gasteiger partial charge in [0.15, 0.2) is 5.96 Å². The summed E-state index contributed by atoms with van der Waals surface area (Å²) in [6, 6.07) is 10.8. The molecule has 0 saturated carbocycles. The number of alkyl halides is 2. The highest BCUT2D eigenvalue weighted by atomic mass is 127. The van der Waals surface area contributed by atoms with E-state index in [1.807, 2.05) is 31.1 Å². The molecule has 0 unspecified atom stereocenters. The zero-order chi connectivity index (χ0) is 22.9. The van der Waals surface area contributed by atoms with Crippen molar-refractivity contribution in [2.24, 2.45) is 4.99 Å². The Bertz CT molecular complexity index is 876. The topological polar surface area (TPSA) is 56.2 Å². The molecule has 0 bridgehead atoms. The van der Waals surface area contributed by atoms with Crippen LogP contribution in [0.5, 0.6) is 5.75 Å². The number of rotatable bonds is 8. The van der Waals surface area contributed by atoms with E-state index in [2.05, 4.69) is 38.0 Å². The number of nitrogens with one attached hydrogen (secondary N) is 1. The first-order chi connectivity index (χ1) is 15.4. The van der Waals surface area contributed by atoms with E-state index >= 15 is 0 Å². The maximum Gasteiger partial charge on any atom is 0.387 e. The van der Waals surface area contributed by atoms with Crippen LogP contribution in [-0.4, -0.2) is 74.2 Å². The van der Waals surface area contributed by atoms with Gasteiger partial charge in [0.1, 0.15) is 11.6 Å². The maximum atomic E-state index is 12.3. The van der Waals surface area contributed by atoms with Crippen molar-refractivity contribution in [1.29, 1.82) is 0 Å². The van der Waals surface area contributed by atoms with Crippen LogP contribution in [0.4, 0.5) is 14.6 Å². The Morgan fingerprint density at radius 3 is 2.48 bits per heavy atom. The fourth-order valence-electron chi connectivity index (χ4n) is 3.53. The first-order valence-electron chi connectivity index (χ1n) is 10.9. The average molecular weight is 574 g/mol. The van der Waals surface area contributed by atoms with Gasteiger partial charge in [-0.25, -0.2) is 9.98 Å². The van der Waals surface area contributed by atoms with Gasteiger partial charge in [-0.05, 0) is 49.4 Å². The van der Waals surface area contributed by atoms with Gasteiger partial charge in [0.25, 0.3) is 0 Å². The molecule has 33 heavy (non-hydrogen) atoms. The molecular weight excluding hydrogens is 541 g/mol. The van der Waals surface area contributed by atoms with E-state index in [0.29, 0.717) is 13.1 Å². The maximum absolute atomic E-state index is 12.3. The zero-order valence-corrected chi connectivity index (χ0v) is 21.7. The molecule has 3 rings (SSSR count). The third-order valence-corrected chi connectivity index (χ3v) is 5.31. The summed E-state index contributed by atoms with van der Waals surface area (Å²) in [5.41, 5.74) is 2.08. The highest BCUT2D eigenvalue weighted by molar-refractivity contribution is 14.0. The zero-order valence-electron chi connectivity index (χ0n) is 19.4. The normalized spacial score (nSPS) is 14.7. The summed E-state index contributed by atoms with van der Waals surface area (Å²) in [6.45, 7) is 5.10. The number of aliphatic imine (C=N–C) groups is 1. The van der Waals surface area contributed by atoms with Crippen molar-refractivity contribution in [2.75, 3.05) is 51.7 Å². The first-order valence-corrected chi connectivity index (χ1v) is 10.9. The number of piperazine rings is 1. The van der Waals surface area contributed by atoms with Crippen LogP contribution in [0.15, 0.2) is 47.6 Å². The summed E-state index contributed by atoms with van der Waals surface area (Å²) in [4.78, 5) is 16.0. The summed E-state index contributed by atoms with van der Waals surface area (Å²) >= 11 is 0. The molecule has 2 heterocycles. The van der Waals surface area contributed by atoms with Crippen molar-refractivity contribution in [1.82, 2.24) is 20.1 Å². The minimum atomic E-state index is -2.82. The molecule has 0 aliphatic carbocycles. The number of nitrogens with zero attached hydrogens (tertiary/aromatic N) is 5. The number of hydrogen-bond donors (Lipinski definition) is 1. The van der Waals surface area contributed by atoms with Gasteiger partial charge in [0.05, 0.1) is 6.54 Å². The minimum Gasteiger partial charge on any atom is -0.435 e. The third kappa shape index (κ3) is 8.58. The molecule has 0 spiro atoms. The molecule has 1 fully saturated rings. The van der Waals surface area contributed by atoms with Crippen molar-refractivity contribution in [3.05, 3.63) is 53.7 Å². The molecule has 1 aliphatic rings. The molecule has 0 atom stereocenters. The third-order valence-electron chi connectivity index (χ3n) is 5.31. The van der Waals surface area contributed by atoms with E-state index in [4.69, 9.17) is 4.99 Å². The fourth-order valence-corrected chi connectivity index (χ4v) is 3.53. The number of likely N-dealkylation sites (N-methyl/N-ethyl adjacent to an activating group) is 1. The van der Waals surface area contributed by atoms with E-state index < -0.39 is 6.61 Å². The van der Waals surface area contributed by atoms with Crippen molar-refractivity contribution < 1.29 is 13.5 Å². The van der Waals surface area contributed by atoms with Gasteiger partial charge in [0, 0.05) is 52.5 Å². The number of halogens is 3. The van der Waals surface area contributed by atoms with Gasteiger partial charge in [-0.2, -0.15) is 8.78 Å². The number of ether oxygens (including phenoxy) is 1. The standard InChI is InChI=1S/C23H32F2N6O.HI/c1-4-26-23(30(3)17-18-5-7-20(8-6-18)32-22(24)25)28-16-19-9-10-27-21(15-19)31-13-11-29(2)12-14-31;/h5-10,15,22H,4,11-14,16-17H2,1-3H3,(H,26,28);1H. The highest BCUT2D eigenvalue weighted by Crippen LogP contribution is 2.17. The first kappa shape index (κ1) is 27.0. The second-order valence-electron chi connectivity index (χ2n) is 7.86. The molecule has 10 heteroatoms. The number of benzene rings is 1. The number of pyridine rings is 1. The summed E-state index contributed by atoms with van der Waals surface area (Å²) < 4.78 is 29.1. The number of aromatic nitrogens is 1. The largest absolute Gasteiger partial charge is 0.435 e. The predicted octanol–water partition coefficient (Wildman–Crippen LogP) is 3.65. The second kappa shape index (κ2) is 13.5. The van der Waals surface area contributed by atoms with Crippen LogP contribution >= 0.6 is 24.0 Å². The lowest BCUT2D eigenvalue weighted by atomic mass is 10.2. The van der Waals surface area contributed by atoms with Gasteiger partial charge in [-0.15, -0.1) is 24.0 Å². The van der Waals surface area contributed by atoms with Gasteiger partial charge in [0.2, 0.25) is 0 Å². The smallest absolute Gasteiger partial charge is 0.387 e. The van der Waals surface area contributed by atoms with Crippen molar-refractivity contribution in [3.8, 4) is 5.75 Å². The van der Waals surface area contributed by atoms with E-state index in [1.165, 1.54) is 0 Å². The van der Waals surface area contributed by atoms with Crippen molar-refractivity contribution in [3.63, 3.8) is 0 Å². The van der Waals surface area contributed by atoms with Gasteiger partial charge >= 0.3 is 6.61 Å². The molecule has 1 aromatic heterocycles. The molecule has 1 N–H and O–H groups in total. The average Bonchev–Trinajstić information content (AvgIpc) is 2.78. The van der Waals surface area contributed by atoms with E-state index in [1.54, 1.807) is 24.3 Å². The number of guanidine groups is 1. The Morgan fingerprint density at radius 1 is 1.15 bits per heavy atom. The Kier molecular flexibility index (Phi) is 11.0. The van der Waals surface area contributed by atoms with E-state index in [0.717, 1.165) is 55.6 Å². The molecule has 1 aromatic carbocycles.